The Morgan fingerprint density at radius 3 is 2.59 bits per heavy atom. The van der Waals surface area contributed by atoms with E-state index in [0.717, 1.165) is 12.8 Å². The largest absolute Gasteiger partial charge is 0.506 e. The zero-order valence-corrected chi connectivity index (χ0v) is 16.9. The number of carbonyl (C=O) groups excluding carboxylic acids is 1. The molecule has 8 heteroatoms. The predicted molar refractivity (Wildman–Crippen MR) is 108 cm³/mol. The molecule has 1 aliphatic rings. The first-order valence-electron chi connectivity index (χ1n) is 9.70. The summed E-state index contributed by atoms with van der Waals surface area (Å²) in [6.45, 7) is 2.28. The van der Waals surface area contributed by atoms with Gasteiger partial charge in [-0.15, -0.1) is 0 Å². The monoisotopic (exact) mass is 421 g/mol. The van der Waals surface area contributed by atoms with Crippen molar-refractivity contribution in [1.29, 1.82) is 0 Å². The van der Waals surface area contributed by atoms with Crippen molar-refractivity contribution in [3.63, 3.8) is 0 Å². The van der Waals surface area contributed by atoms with Crippen molar-refractivity contribution >= 4 is 34.4 Å². The lowest BCUT2D eigenvalue weighted by Gasteiger charge is -2.26. The molecular weight excluding hydrogens is 398 g/mol. The Morgan fingerprint density at radius 1 is 1.24 bits per heavy atom. The maximum Gasteiger partial charge on any atom is 0.339 e. The molecule has 7 nitrogen and oxygen atoms in total. The van der Waals surface area contributed by atoms with Gasteiger partial charge in [0, 0.05) is 30.0 Å². The number of carbonyl (C=O) groups is 2. The predicted octanol–water partition coefficient (Wildman–Crippen LogP) is 3.40. The number of aromatic hydroxyl groups is 1. The van der Waals surface area contributed by atoms with Crippen LogP contribution in [0.5, 0.6) is 5.75 Å². The number of phenols is 1. The van der Waals surface area contributed by atoms with Gasteiger partial charge < -0.3 is 19.9 Å². The first kappa shape index (κ1) is 21.2. The number of hydrogen-bond acceptors (Lipinski definition) is 5. The number of phenolic OH excluding ortho intramolecular Hbond substituents is 1. The number of carboxylic acid groups (broad SMARTS) is 1. The summed E-state index contributed by atoms with van der Waals surface area (Å²) in [5.41, 5.74) is 0.811. The Kier molecular flexibility index (Phi) is 6.47. The second kappa shape index (κ2) is 8.86. The molecule has 1 saturated carbocycles. The van der Waals surface area contributed by atoms with Gasteiger partial charge >= 0.3 is 11.6 Å². The summed E-state index contributed by atoms with van der Waals surface area (Å²) in [7, 11) is 0. The standard InChI is InChI=1S/C21H24ClNO6/c1-11-14(21(28)29-18-9-17(24)16(22)8-15(11)18)6-7-19(25)23-10-12-2-4-13(5-3-12)20(26)27/h8-9,12-13,24H,2-7,10H2,1H3,(H,23,25)(H,26,27). The van der Waals surface area contributed by atoms with Gasteiger partial charge in [-0.3, -0.25) is 9.59 Å². The fourth-order valence-corrected chi connectivity index (χ4v) is 4.05. The molecule has 0 bridgehead atoms. The van der Waals surface area contributed by atoms with Crippen LogP contribution in [0.4, 0.5) is 0 Å². The molecule has 3 N–H and O–H groups in total. The lowest BCUT2D eigenvalue weighted by Crippen LogP contribution is -2.32. The average Bonchev–Trinajstić information content (AvgIpc) is 2.68. The quantitative estimate of drug-likeness (QED) is 0.615. The van der Waals surface area contributed by atoms with Gasteiger partial charge in [-0.1, -0.05) is 11.6 Å². The topological polar surface area (TPSA) is 117 Å². The second-order valence-electron chi connectivity index (χ2n) is 7.65. The number of rotatable bonds is 6. The number of benzene rings is 1. The summed E-state index contributed by atoms with van der Waals surface area (Å²) in [4.78, 5) is 35.5. The summed E-state index contributed by atoms with van der Waals surface area (Å²) >= 11 is 5.95. The first-order valence-corrected chi connectivity index (χ1v) is 10.1. The van der Waals surface area contributed by atoms with Crippen LogP contribution in [0.25, 0.3) is 11.0 Å². The summed E-state index contributed by atoms with van der Waals surface area (Å²) in [6.07, 6.45) is 3.25. The maximum absolute atomic E-state index is 12.3. The van der Waals surface area contributed by atoms with Crippen LogP contribution in [0.15, 0.2) is 21.3 Å². The third kappa shape index (κ3) is 4.90. The van der Waals surface area contributed by atoms with E-state index in [1.54, 1.807) is 13.0 Å². The van der Waals surface area contributed by atoms with E-state index in [1.165, 1.54) is 6.07 Å². The zero-order chi connectivity index (χ0) is 21.1. The van der Waals surface area contributed by atoms with E-state index in [-0.39, 0.29) is 46.9 Å². The molecule has 1 heterocycles. The van der Waals surface area contributed by atoms with E-state index in [2.05, 4.69) is 5.32 Å². The molecule has 0 radical (unpaired) electrons. The minimum absolute atomic E-state index is 0.146. The number of nitrogens with one attached hydrogen (secondary N) is 1. The molecule has 0 aliphatic heterocycles. The Bertz CT molecular complexity index is 991. The highest BCUT2D eigenvalue weighted by Crippen LogP contribution is 2.31. The lowest BCUT2D eigenvalue weighted by atomic mass is 9.82. The molecule has 156 valence electrons. The minimum Gasteiger partial charge on any atom is -0.506 e. The van der Waals surface area contributed by atoms with Crippen LogP contribution in [-0.4, -0.2) is 28.6 Å². The van der Waals surface area contributed by atoms with Gasteiger partial charge in [-0.25, -0.2) is 4.79 Å². The van der Waals surface area contributed by atoms with Crippen molar-refractivity contribution in [3.05, 3.63) is 38.7 Å². The highest BCUT2D eigenvalue weighted by Gasteiger charge is 2.26. The van der Waals surface area contributed by atoms with E-state index < -0.39 is 11.6 Å². The van der Waals surface area contributed by atoms with Gasteiger partial charge in [0.2, 0.25) is 5.91 Å². The molecule has 0 atom stereocenters. The summed E-state index contributed by atoms with van der Waals surface area (Å²) in [5.74, 6) is -1.04. The normalized spacial score (nSPS) is 19.2. The number of amides is 1. The second-order valence-corrected chi connectivity index (χ2v) is 8.06. The number of aryl methyl sites for hydroxylation is 1. The van der Waals surface area contributed by atoms with Crippen molar-refractivity contribution in [1.82, 2.24) is 5.32 Å². The van der Waals surface area contributed by atoms with Gasteiger partial charge in [-0.2, -0.15) is 0 Å². The molecule has 0 spiro atoms. The number of fused-ring (bicyclic) bond motifs is 1. The van der Waals surface area contributed by atoms with E-state index >= 15 is 0 Å². The maximum atomic E-state index is 12.3. The molecule has 1 aromatic heterocycles. The van der Waals surface area contributed by atoms with Crippen LogP contribution < -0.4 is 10.9 Å². The van der Waals surface area contributed by atoms with Crippen molar-refractivity contribution in [3.8, 4) is 5.75 Å². The fraction of sp³-hybridized carbons (Fsp3) is 0.476. The molecule has 0 saturated heterocycles. The van der Waals surface area contributed by atoms with Crippen LogP contribution in [0.2, 0.25) is 5.02 Å². The molecule has 1 amide bonds. The highest BCUT2D eigenvalue weighted by atomic mass is 35.5. The molecule has 29 heavy (non-hydrogen) atoms. The first-order chi connectivity index (χ1) is 13.8. The molecule has 0 unspecified atom stereocenters. The number of hydrogen-bond donors (Lipinski definition) is 3. The summed E-state index contributed by atoms with van der Waals surface area (Å²) in [5, 5.41) is 22.4. The average molecular weight is 422 g/mol. The Hall–Kier alpha value is -2.54. The molecule has 3 rings (SSSR count). The Labute approximate surface area is 172 Å². The summed E-state index contributed by atoms with van der Waals surface area (Å²) in [6, 6.07) is 2.85. The highest BCUT2D eigenvalue weighted by molar-refractivity contribution is 6.32. The van der Waals surface area contributed by atoms with E-state index in [1.807, 2.05) is 0 Å². The van der Waals surface area contributed by atoms with E-state index in [9.17, 15) is 19.5 Å². The Balaban J connectivity index is 1.58. The zero-order valence-electron chi connectivity index (χ0n) is 16.2. The lowest BCUT2D eigenvalue weighted by molar-refractivity contribution is -0.143. The van der Waals surface area contributed by atoms with Crippen molar-refractivity contribution in [2.24, 2.45) is 11.8 Å². The van der Waals surface area contributed by atoms with Gasteiger partial charge in [-0.05, 0) is 56.6 Å². The third-order valence-electron chi connectivity index (χ3n) is 5.74. The van der Waals surface area contributed by atoms with Gasteiger partial charge in [0.15, 0.2) is 0 Å². The summed E-state index contributed by atoms with van der Waals surface area (Å²) < 4.78 is 5.27. The molecule has 1 aromatic carbocycles. The molecule has 1 aliphatic carbocycles. The molecular formula is C21H24ClNO6. The third-order valence-corrected chi connectivity index (χ3v) is 6.04. The van der Waals surface area contributed by atoms with Crippen LogP contribution in [0, 0.1) is 18.8 Å². The minimum atomic E-state index is -0.742. The van der Waals surface area contributed by atoms with Gasteiger partial charge in [0.25, 0.3) is 0 Å². The van der Waals surface area contributed by atoms with Crippen molar-refractivity contribution in [2.45, 2.75) is 45.4 Å². The SMILES string of the molecule is Cc1c(CCC(=O)NCC2CCC(C(=O)O)CC2)c(=O)oc2cc(O)c(Cl)cc12. The van der Waals surface area contributed by atoms with Gasteiger partial charge in [0.1, 0.15) is 11.3 Å². The molecule has 2 aromatic rings. The van der Waals surface area contributed by atoms with Crippen molar-refractivity contribution < 1.29 is 24.2 Å². The number of carboxylic acids is 1. The van der Waals surface area contributed by atoms with Crippen LogP contribution in [0.3, 0.4) is 0 Å². The van der Waals surface area contributed by atoms with E-state index in [4.69, 9.17) is 21.1 Å². The van der Waals surface area contributed by atoms with E-state index in [0.29, 0.717) is 35.9 Å². The van der Waals surface area contributed by atoms with Crippen LogP contribution in [0.1, 0.15) is 43.2 Å². The van der Waals surface area contributed by atoms with Crippen LogP contribution >= 0.6 is 11.6 Å². The smallest absolute Gasteiger partial charge is 0.339 e. The van der Waals surface area contributed by atoms with Gasteiger partial charge in [0.05, 0.1) is 10.9 Å². The number of aliphatic carboxylic acids is 1. The molecule has 1 fully saturated rings. The number of halogens is 1. The van der Waals surface area contributed by atoms with Crippen molar-refractivity contribution in [2.75, 3.05) is 6.54 Å². The fourth-order valence-electron chi connectivity index (χ4n) is 3.89. The Morgan fingerprint density at radius 2 is 1.93 bits per heavy atom. The van der Waals surface area contributed by atoms with Crippen LogP contribution in [-0.2, 0) is 16.0 Å².